The minimum atomic E-state index is -1.26. The Morgan fingerprint density at radius 2 is 1.43 bits per heavy atom. The quantitative estimate of drug-likeness (QED) is 0.170. The molecule has 1 aliphatic heterocycles. The number of amides is 2. The Hall–Kier alpha value is -5.36. The number of carboxylic acid groups (broad SMARTS) is 2. The highest BCUT2D eigenvalue weighted by Crippen LogP contribution is 2.30. The Kier molecular flexibility index (Phi) is 13.8. The van der Waals surface area contributed by atoms with Crippen LogP contribution in [0.4, 0.5) is 15.8 Å². The smallest absolute Gasteiger partial charge is 0.328 e. The highest BCUT2D eigenvalue weighted by atomic mass is 19.1. The Labute approximate surface area is 285 Å². The van der Waals surface area contributed by atoms with Crippen molar-refractivity contribution in [2.75, 3.05) is 43.5 Å². The molecule has 49 heavy (non-hydrogen) atoms. The van der Waals surface area contributed by atoms with Crippen LogP contribution in [0.1, 0.15) is 54.3 Å². The number of ketones is 1. The number of rotatable bonds is 11. The van der Waals surface area contributed by atoms with E-state index in [0.29, 0.717) is 66.3 Å². The van der Waals surface area contributed by atoms with Gasteiger partial charge in [0.1, 0.15) is 11.6 Å². The van der Waals surface area contributed by atoms with E-state index < -0.39 is 17.4 Å². The van der Waals surface area contributed by atoms with Gasteiger partial charge in [-0.25, -0.2) is 14.0 Å². The second kappa shape index (κ2) is 17.7. The molecule has 11 nitrogen and oxygen atoms in total. The van der Waals surface area contributed by atoms with Gasteiger partial charge >= 0.3 is 11.9 Å². The Morgan fingerprint density at radius 3 is 1.96 bits per heavy atom. The van der Waals surface area contributed by atoms with Gasteiger partial charge in [0.25, 0.3) is 5.91 Å². The summed E-state index contributed by atoms with van der Waals surface area (Å²) in [5, 5.41) is 18.5. The first-order valence-electron chi connectivity index (χ1n) is 15.7. The highest BCUT2D eigenvalue weighted by molar-refractivity contribution is 6.07. The molecule has 1 aliphatic rings. The number of methoxy groups -OCH3 is 1. The number of aliphatic carboxylic acids is 2. The lowest BCUT2D eigenvalue weighted by Gasteiger charge is -2.33. The van der Waals surface area contributed by atoms with E-state index in [1.54, 1.807) is 48.4 Å². The van der Waals surface area contributed by atoms with Crippen molar-refractivity contribution in [1.29, 1.82) is 0 Å². The number of nitrogens with one attached hydrogen (secondary N) is 1. The average molecular weight is 676 g/mol. The first-order valence-corrected chi connectivity index (χ1v) is 15.7. The van der Waals surface area contributed by atoms with E-state index in [9.17, 15) is 28.4 Å². The van der Waals surface area contributed by atoms with Crippen molar-refractivity contribution in [3.8, 4) is 5.75 Å². The topological polar surface area (TPSA) is 154 Å². The normalized spacial score (nSPS) is 13.6. The molecule has 0 aromatic heterocycles. The van der Waals surface area contributed by atoms with Crippen molar-refractivity contribution in [3.63, 3.8) is 0 Å². The molecule has 2 amide bonds. The van der Waals surface area contributed by atoms with Gasteiger partial charge in [0.05, 0.1) is 12.8 Å². The molecule has 0 bridgehead atoms. The number of benzene rings is 3. The molecule has 1 fully saturated rings. The zero-order chi connectivity index (χ0) is 36.1. The van der Waals surface area contributed by atoms with Crippen LogP contribution < -0.4 is 15.0 Å². The van der Waals surface area contributed by atoms with Crippen LogP contribution in [-0.2, 0) is 14.4 Å². The molecule has 0 saturated carbocycles. The molecule has 0 unspecified atom stereocenters. The summed E-state index contributed by atoms with van der Waals surface area (Å²) in [6, 6.07) is 20.1. The number of hydrogen-bond acceptors (Lipinski definition) is 7. The van der Waals surface area contributed by atoms with Gasteiger partial charge in [0.2, 0.25) is 5.91 Å². The minimum Gasteiger partial charge on any atom is -0.495 e. The number of halogens is 1. The lowest BCUT2D eigenvalue weighted by Crippen LogP contribution is -2.43. The molecule has 12 heteroatoms. The number of carboxylic acids is 2. The monoisotopic (exact) mass is 675 g/mol. The zero-order valence-electron chi connectivity index (χ0n) is 28.0. The molecule has 0 aliphatic carbocycles. The Bertz CT molecular complexity index is 1630. The van der Waals surface area contributed by atoms with Crippen molar-refractivity contribution < 1.29 is 43.3 Å². The van der Waals surface area contributed by atoms with E-state index in [1.165, 1.54) is 12.1 Å². The molecule has 260 valence electrons. The maximum atomic E-state index is 13.8. The van der Waals surface area contributed by atoms with Crippen molar-refractivity contribution >= 4 is 40.9 Å². The molecular formula is C37H42FN3O8. The van der Waals surface area contributed by atoms with E-state index in [-0.39, 0.29) is 29.3 Å². The molecule has 0 atom stereocenters. The molecule has 0 radical (unpaired) electrons. The summed E-state index contributed by atoms with van der Waals surface area (Å²) in [5.74, 6) is -2.59. The van der Waals surface area contributed by atoms with Crippen molar-refractivity contribution in [3.05, 3.63) is 102 Å². The third-order valence-electron chi connectivity index (χ3n) is 7.79. The van der Waals surface area contributed by atoms with Crippen LogP contribution in [0.15, 0.2) is 84.9 Å². The van der Waals surface area contributed by atoms with E-state index >= 15 is 0 Å². The minimum absolute atomic E-state index is 0.0533. The van der Waals surface area contributed by atoms with Crippen LogP contribution in [0, 0.1) is 17.2 Å². The number of hydrogen-bond donors (Lipinski definition) is 3. The maximum Gasteiger partial charge on any atom is 0.328 e. The summed E-state index contributed by atoms with van der Waals surface area (Å²) in [7, 11) is 1.58. The van der Waals surface area contributed by atoms with Crippen molar-refractivity contribution in [2.24, 2.45) is 11.3 Å². The molecular weight excluding hydrogens is 633 g/mol. The first kappa shape index (κ1) is 38.1. The summed E-state index contributed by atoms with van der Waals surface area (Å²) < 4.78 is 18.8. The van der Waals surface area contributed by atoms with Crippen LogP contribution in [-0.4, -0.2) is 77.9 Å². The number of carbonyl (C=O) groups excluding carboxylic acids is 3. The number of likely N-dealkylation sites (tertiary alicyclic amines) is 1. The van der Waals surface area contributed by atoms with Gasteiger partial charge in [-0.05, 0) is 86.6 Å². The van der Waals surface area contributed by atoms with Gasteiger partial charge in [-0.1, -0.05) is 32.9 Å². The molecule has 3 aromatic rings. The van der Waals surface area contributed by atoms with E-state index in [1.807, 2.05) is 45.0 Å². The fraction of sp³-hybridized carbons (Fsp3) is 0.324. The lowest BCUT2D eigenvalue weighted by atomic mass is 9.89. The van der Waals surface area contributed by atoms with Crippen LogP contribution in [0.3, 0.4) is 0 Å². The van der Waals surface area contributed by atoms with Crippen LogP contribution >= 0.6 is 0 Å². The number of para-hydroxylation sites is 2. The molecule has 3 N–H and O–H groups in total. The van der Waals surface area contributed by atoms with Gasteiger partial charge in [0, 0.05) is 53.4 Å². The van der Waals surface area contributed by atoms with Gasteiger partial charge in [-0.3, -0.25) is 14.4 Å². The molecule has 3 aromatic carbocycles. The van der Waals surface area contributed by atoms with E-state index in [4.69, 9.17) is 14.9 Å². The van der Waals surface area contributed by atoms with Crippen LogP contribution in [0.2, 0.25) is 0 Å². The number of nitrogens with zero attached hydrogens (tertiary/aromatic N) is 2. The number of Topliss-reactive ketones (excluding diaryl/α,β-unsaturated/α-hetero) is 1. The summed E-state index contributed by atoms with van der Waals surface area (Å²) in [6.45, 7) is 8.05. The van der Waals surface area contributed by atoms with Gasteiger partial charge in [-0.15, -0.1) is 0 Å². The number of anilines is 2. The van der Waals surface area contributed by atoms with Crippen molar-refractivity contribution in [2.45, 2.75) is 33.6 Å². The number of carbonyl (C=O) groups is 5. The van der Waals surface area contributed by atoms with E-state index in [2.05, 4.69) is 10.2 Å². The zero-order valence-corrected chi connectivity index (χ0v) is 28.0. The third-order valence-corrected chi connectivity index (χ3v) is 7.79. The predicted octanol–water partition coefficient (Wildman–Crippen LogP) is 5.77. The highest BCUT2D eigenvalue weighted by Gasteiger charge is 2.28. The second-order valence-corrected chi connectivity index (χ2v) is 12.4. The summed E-state index contributed by atoms with van der Waals surface area (Å²) in [5.41, 5.74) is 1.81. The fourth-order valence-electron chi connectivity index (χ4n) is 5.01. The molecule has 1 heterocycles. The standard InChI is InChI=1S/C33H38FN3O4.C4H4O4/c1-33(2,3)32(40)35-27-15-11-25(12-16-27)31(39)37(28-7-5-6-8-29(28)41-4)22-21-36-19-17-24(18-20-36)30(38)23-9-13-26(34)14-10-23;5-3(6)1-2-4(7)8/h5-16,24H,17-22H2,1-4H3,(H,35,40);1-2H,(H,5,6)(H,7,8)/b;2-1+. The van der Waals surface area contributed by atoms with Crippen LogP contribution in [0.5, 0.6) is 5.75 Å². The lowest BCUT2D eigenvalue weighted by molar-refractivity contribution is -0.134. The summed E-state index contributed by atoms with van der Waals surface area (Å²) in [4.78, 5) is 62.1. The van der Waals surface area contributed by atoms with Gasteiger partial charge in [-0.2, -0.15) is 0 Å². The average Bonchev–Trinajstić information content (AvgIpc) is 3.08. The number of ether oxygens (including phenoxy) is 1. The van der Waals surface area contributed by atoms with Gasteiger partial charge in [0.15, 0.2) is 5.78 Å². The third kappa shape index (κ3) is 11.7. The van der Waals surface area contributed by atoms with Gasteiger partial charge < -0.3 is 30.1 Å². The predicted molar refractivity (Wildman–Crippen MR) is 184 cm³/mol. The first-order chi connectivity index (χ1) is 23.2. The van der Waals surface area contributed by atoms with Crippen LogP contribution in [0.25, 0.3) is 0 Å². The molecule has 0 spiro atoms. The molecule has 1 saturated heterocycles. The summed E-state index contributed by atoms with van der Waals surface area (Å²) in [6.07, 6.45) is 2.53. The van der Waals surface area contributed by atoms with E-state index in [0.717, 1.165) is 13.1 Å². The summed E-state index contributed by atoms with van der Waals surface area (Å²) >= 11 is 0. The second-order valence-electron chi connectivity index (χ2n) is 12.4. The largest absolute Gasteiger partial charge is 0.495 e. The molecule has 4 rings (SSSR count). The Morgan fingerprint density at radius 1 is 0.878 bits per heavy atom. The Balaban J connectivity index is 0.000000723. The fourth-order valence-corrected chi connectivity index (χ4v) is 5.01. The van der Waals surface area contributed by atoms with Crippen molar-refractivity contribution in [1.82, 2.24) is 4.90 Å². The number of piperidine rings is 1. The SMILES string of the molecule is COc1ccccc1N(CCN1CCC(C(=O)c2ccc(F)cc2)CC1)C(=O)c1ccc(NC(=O)C(C)(C)C)cc1.O=C(O)/C=C/C(=O)O. The maximum absolute atomic E-state index is 13.8.